The van der Waals surface area contributed by atoms with Crippen molar-refractivity contribution in [3.63, 3.8) is 0 Å². The van der Waals surface area contributed by atoms with Crippen LogP contribution in [0.5, 0.6) is 0 Å². The summed E-state index contributed by atoms with van der Waals surface area (Å²) < 4.78 is 24.4. The zero-order valence-electron chi connectivity index (χ0n) is 8.81. The van der Waals surface area contributed by atoms with Crippen LogP contribution in [0.25, 0.3) is 0 Å². The Bertz CT molecular complexity index is 153. The van der Waals surface area contributed by atoms with Crippen molar-refractivity contribution in [2.24, 2.45) is 0 Å². The molecule has 0 aromatic heterocycles. The highest BCUT2D eigenvalue weighted by Gasteiger charge is 2.25. The van der Waals surface area contributed by atoms with Gasteiger partial charge in [-0.1, -0.05) is 6.92 Å². The van der Waals surface area contributed by atoms with Gasteiger partial charge in [0.15, 0.2) is 0 Å². The fourth-order valence-electron chi connectivity index (χ4n) is 1.99. The number of rotatable bonds is 6. The van der Waals surface area contributed by atoms with E-state index in [-0.39, 0.29) is 6.54 Å². The van der Waals surface area contributed by atoms with E-state index in [0.717, 1.165) is 38.9 Å². The van der Waals surface area contributed by atoms with E-state index in [1.807, 2.05) is 4.90 Å². The third kappa shape index (κ3) is 3.88. The van der Waals surface area contributed by atoms with Crippen LogP contribution in [0, 0.1) is 0 Å². The summed E-state index contributed by atoms with van der Waals surface area (Å²) in [5.74, 6) is 0. The Hall–Kier alpha value is -0.220. The molecule has 1 rings (SSSR count). The monoisotopic (exact) mass is 206 g/mol. The number of nitrogens with one attached hydrogen (secondary N) is 1. The van der Waals surface area contributed by atoms with Crippen molar-refractivity contribution in [2.75, 3.05) is 26.2 Å². The molecule has 1 unspecified atom stereocenters. The van der Waals surface area contributed by atoms with Crippen LogP contribution in [0.2, 0.25) is 0 Å². The SMILES string of the molecule is CCCNCC1CCCN1CC(F)F. The molecule has 0 spiro atoms. The summed E-state index contributed by atoms with van der Waals surface area (Å²) in [6, 6.07) is 0.329. The second kappa shape index (κ2) is 6.30. The summed E-state index contributed by atoms with van der Waals surface area (Å²) in [4.78, 5) is 1.91. The minimum absolute atomic E-state index is 0.0571. The molecule has 0 aliphatic carbocycles. The summed E-state index contributed by atoms with van der Waals surface area (Å²) in [6.45, 7) is 4.74. The van der Waals surface area contributed by atoms with E-state index in [0.29, 0.717) is 6.04 Å². The quantitative estimate of drug-likeness (QED) is 0.666. The second-order valence-electron chi connectivity index (χ2n) is 3.89. The number of alkyl halides is 2. The van der Waals surface area contributed by atoms with Gasteiger partial charge >= 0.3 is 0 Å². The molecule has 84 valence electrons. The summed E-state index contributed by atoms with van der Waals surface area (Å²) in [5, 5.41) is 3.29. The molecule has 1 saturated heterocycles. The molecule has 0 bridgehead atoms. The Morgan fingerprint density at radius 2 is 2.29 bits per heavy atom. The van der Waals surface area contributed by atoms with Crippen molar-refractivity contribution >= 4 is 0 Å². The molecule has 1 atom stereocenters. The summed E-state index contributed by atoms with van der Waals surface area (Å²) in [5.41, 5.74) is 0. The summed E-state index contributed by atoms with van der Waals surface area (Å²) >= 11 is 0. The molecule has 1 aliphatic rings. The lowest BCUT2D eigenvalue weighted by atomic mass is 10.2. The predicted octanol–water partition coefficient (Wildman–Crippen LogP) is 1.72. The topological polar surface area (TPSA) is 15.3 Å². The van der Waals surface area contributed by atoms with Gasteiger partial charge in [0.1, 0.15) is 0 Å². The number of nitrogens with zero attached hydrogens (tertiary/aromatic N) is 1. The third-order valence-corrected chi connectivity index (χ3v) is 2.68. The van der Waals surface area contributed by atoms with E-state index in [4.69, 9.17) is 0 Å². The molecule has 1 aliphatic heterocycles. The minimum atomic E-state index is -2.19. The van der Waals surface area contributed by atoms with Crippen LogP contribution in [-0.2, 0) is 0 Å². The number of hydrogen-bond donors (Lipinski definition) is 1. The normalized spacial score (nSPS) is 23.6. The van der Waals surface area contributed by atoms with Crippen LogP contribution in [0.15, 0.2) is 0 Å². The van der Waals surface area contributed by atoms with Gasteiger partial charge in [-0.15, -0.1) is 0 Å². The molecule has 2 nitrogen and oxygen atoms in total. The molecule has 0 amide bonds. The molecular formula is C10H20F2N2. The largest absolute Gasteiger partial charge is 0.315 e. The van der Waals surface area contributed by atoms with E-state index in [1.165, 1.54) is 0 Å². The van der Waals surface area contributed by atoms with Crippen molar-refractivity contribution in [3.8, 4) is 0 Å². The zero-order valence-corrected chi connectivity index (χ0v) is 8.81. The van der Waals surface area contributed by atoms with Gasteiger partial charge < -0.3 is 5.32 Å². The van der Waals surface area contributed by atoms with Crippen molar-refractivity contribution in [1.82, 2.24) is 10.2 Å². The summed E-state index contributed by atoms with van der Waals surface area (Å²) in [6.07, 6.45) is 1.03. The van der Waals surface area contributed by atoms with Gasteiger partial charge in [-0.2, -0.15) is 0 Å². The van der Waals surface area contributed by atoms with Gasteiger partial charge in [-0.05, 0) is 32.4 Å². The smallest absolute Gasteiger partial charge is 0.251 e. The molecule has 4 heteroatoms. The highest BCUT2D eigenvalue weighted by molar-refractivity contribution is 4.81. The van der Waals surface area contributed by atoms with Crippen molar-refractivity contribution in [1.29, 1.82) is 0 Å². The van der Waals surface area contributed by atoms with Gasteiger partial charge in [0.05, 0.1) is 6.54 Å². The average Bonchev–Trinajstić information content (AvgIpc) is 2.52. The van der Waals surface area contributed by atoms with Crippen LogP contribution in [0.3, 0.4) is 0 Å². The van der Waals surface area contributed by atoms with E-state index in [1.54, 1.807) is 0 Å². The fourth-order valence-corrected chi connectivity index (χ4v) is 1.99. The van der Waals surface area contributed by atoms with Crippen LogP contribution in [-0.4, -0.2) is 43.5 Å². The Balaban J connectivity index is 2.21. The maximum Gasteiger partial charge on any atom is 0.251 e. The van der Waals surface area contributed by atoms with Gasteiger partial charge in [0, 0.05) is 12.6 Å². The van der Waals surface area contributed by atoms with Gasteiger partial charge in [0.2, 0.25) is 0 Å². The van der Waals surface area contributed by atoms with Gasteiger partial charge in [-0.25, -0.2) is 8.78 Å². The third-order valence-electron chi connectivity index (χ3n) is 2.68. The average molecular weight is 206 g/mol. The van der Waals surface area contributed by atoms with Crippen LogP contribution < -0.4 is 5.32 Å². The van der Waals surface area contributed by atoms with Gasteiger partial charge in [-0.3, -0.25) is 4.90 Å². The Kier molecular flexibility index (Phi) is 5.33. The molecule has 1 N–H and O–H groups in total. The second-order valence-corrected chi connectivity index (χ2v) is 3.89. The number of likely N-dealkylation sites (tertiary alicyclic amines) is 1. The van der Waals surface area contributed by atoms with Crippen molar-refractivity contribution in [2.45, 2.75) is 38.7 Å². The molecule has 0 aromatic rings. The first kappa shape index (κ1) is 11.9. The molecular weight excluding hydrogens is 186 g/mol. The van der Waals surface area contributed by atoms with E-state index in [2.05, 4.69) is 12.2 Å². The molecule has 0 aromatic carbocycles. The molecule has 0 saturated carbocycles. The lowest BCUT2D eigenvalue weighted by Gasteiger charge is -2.24. The fraction of sp³-hybridized carbons (Fsp3) is 1.00. The predicted molar refractivity (Wildman–Crippen MR) is 53.8 cm³/mol. The minimum Gasteiger partial charge on any atom is -0.315 e. The lowest BCUT2D eigenvalue weighted by Crippen LogP contribution is -2.40. The van der Waals surface area contributed by atoms with Crippen LogP contribution in [0.4, 0.5) is 8.78 Å². The molecule has 1 fully saturated rings. The van der Waals surface area contributed by atoms with E-state index in [9.17, 15) is 8.78 Å². The van der Waals surface area contributed by atoms with Crippen LogP contribution in [0.1, 0.15) is 26.2 Å². The standard InChI is InChI=1S/C10H20F2N2/c1-2-5-13-7-9-4-3-6-14(9)8-10(11)12/h9-10,13H,2-8H2,1H3. The van der Waals surface area contributed by atoms with Crippen molar-refractivity contribution < 1.29 is 8.78 Å². The Morgan fingerprint density at radius 1 is 1.50 bits per heavy atom. The number of hydrogen-bond acceptors (Lipinski definition) is 2. The van der Waals surface area contributed by atoms with Crippen LogP contribution >= 0.6 is 0 Å². The van der Waals surface area contributed by atoms with E-state index < -0.39 is 6.43 Å². The maximum atomic E-state index is 12.2. The first-order valence-electron chi connectivity index (χ1n) is 5.47. The molecule has 0 radical (unpaired) electrons. The highest BCUT2D eigenvalue weighted by atomic mass is 19.3. The summed E-state index contributed by atoms with van der Waals surface area (Å²) in [7, 11) is 0. The highest BCUT2D eigenvalue weighted by Crippen LogP contribution is 2.17. The Labute approximate surface area is 84.7 Å². The van der Waals surface area contributed by atoms with E-state index >= 15 is 0 Å². The first-order chi connectivity index (χ1) is 6.74. The first-order valence-corrected chi connectivity index (χ1v) is 5.47. The Morgan fingerprint density at radius 3 is 2.93 bits per heavy atom. The molecule has 1 heterocycles. The molecule has 14 heavy (non-hydrogen) atoms. The maximum absolute atomic E-state index is 12.2. The zero-order chi connectivity index (χ0) is 10.4. The van der Waals surface area contributed by atoms with Gasteiger partial charge in [0.25, 0.3) is 6.43 Å². The van der Waals surface area contributed by atoms with Crippen molar-refractivity contribution in [3.05, 3.63) is 0 Å². The lowest BCUT2D eigenvalue weighted by molar-refractivity contribution is 0.0821. The number of halogens is 2.